The molecule has 8 heteroatoms. The number of nitrogens with zero attached hydrogens (tertiary/aromatic N) is 6. The Morgan fingerprint density at radius 2 is 0.708 bits per heavy atom. The van der Waals surface area contributed by atoms with Crippen LogP contribution < -0.4 is 0 Å². The van der Waals surface area contributed by atoms with Gasteiger partial charge in [0.15, 0.2) is 0 Å². The van der Waals surface area contributed by atoms with Gasteiger partial charge in [-0.3, -0.25) is 20.0 Å². The van der Waals surface area contributed by atoms with Gasteiger partial charge in [0.1, 0.15) is 11.6 Å². The summed E-state index contributed by atoms with van der Waals surface area (Å²) in [5.41, 5.74) is 12.5. The third kappa shape index (κ3) is 8.07. The Morgan fingerprint density at radius 1 is 0.417 bits per heavy atom. The zero-order valence-electron chi connectivity index (χ0n) is 28.5. The number of benzene rings is 3. The van der Waals surface area contributed by atoms with Gasteiger partial charge < -0.3 is 0 Å². The average molecular weight is 641 g/mol. The maximum absolute atomic E-state index is 13.5. The fraction of sp³-hybridized carbons (Fsp3) is 0.200. The van der Waals surface area contributed by atoms with E-state index in [1.807, 2.05) is 104 Å². The molecule has 0 N–H and O–H groups in total. The van der Waals surface area contributed by atoms with E-state index < -0.39 is 0 Å². The van der Waals surface area contributed by atoms with Crippen molar-refractivity contribution in [1.82, 2.24) is 9.97 Å². The molecule has 242 valence electrons. The zero-order valence-corrected chi connectivity index (χ0v) is 28.5. The molecule has 2 aromatic heterocycles. The number of pyridine rings is 2. The summed E-state index contributed by atoms with van der Waals surface area (Å²) in [6.45, 7) is 15.4. The molecule has 0 unspecified atom stereocenters. The Bertz CT molecular complexity index is 1990. The topological polar surface area (TPSA) is 75.2 Å². The van der Waals surface area contributed by atoms with Gasteiger partial charge in [-0.25, -0.2) is 18.7 Å². The second-order valence-corrected chi connectivity index (χ2v) is 11.9. The largest absolute Gasteiger partial charge is 0.251 e. The third-order valence-electron chi connectivity index (χ3n) is 7.97. The van der Waals surface area contributed by atoms with Gasteiger partial charge in [-0.1, -0.05) is 12.1 Å². The van der Waals surface area contributed by atoms with Crippen LogP contribution in [0.4, 0.5) is 31.5 Å². The Hall–Kier alpha value is -5.50. The van der Waals surface area contributed by atoms with Gasteiger partial charge in [0, 0.05) is 0 Å². The number of aliphatic imine (C=N–C) groups is 4. The third-order valence-corrected chi connectivity index (χ3v) is 7.97. The highest BCUT2D eigenvalue weighted by Gasteiger charge is 2.11. The van der Waals surface area contributed by atoms with Crippen LogP contribution in [0.2, 0.25) is 0 Å². The predicted molar refractivity (Wildman–Crippen MR) is 194 cm³/mol. The first-order valence-electron chi connectivity index (χ1n) is 15.7. The molecular weight excluding hydrogens is 602 g/mol. The molecule has 2 heterocycles. The van der Waals surface area contributed by atoms with E-state index in [9.17, 15) is 8.78 Å². The van der Waals surface area contributed by atoms with Crippen LogP contribution in [0.5, 0.6) is 0 Å². The van der Waals surface area contributed by atoms with Crippen molar-refractivity contribution >= 4 is 45.6 Å². The van der Waals surface area contributed by atoms with Gasteiger partial charge in [0.2, 0.25) is 0 Å². The lowest BCUT2D eigenvalue weighted by Crippen LogP contribution is -2.05. The molecule has 0 aliphatic heterocycles. The summed E-state index contributed by atoms with van der Waals surface area (Å²) in [5.74, 6) is -0.564. The summed E-state index contributed by atoms with van der Waals surface area (Å²) in [6.07, 6.45) is 0. The number of hydrogen-bond donors (Lipinski definition) is 0. The Balaban J connectivity index is 1.38. The highest BCUT2D eigenvalue weighted by atomic mass is 19.1. The summed E-state index contributed by atoms with van der Waals surface area (Å²) in [7, 11) is 0. The van der Waals surface area contributed by atoms with Crippen molar-refractivity contribution < 1.29 is 8.78 Å². The van der Waals surface area contributed by atoms with Crippen LogP contribution in [0.3, 0.4) is 0 Å². The molecule has 0 bridgehead atoms. The first kappa shape index (κ1) is 33.9. The van der Waals surface area contributed by atoms with Gasteiger partial charge in [0.25, 0.3) is 0 Å². The lowest BCUT2D eigenvalue weighted by atomic mass is 10.1. The van der Waals surface area contributed by atoms with E-state index in [4.69, 9.17) is 20.0 Å². The molecule has 0 aliphatic rings. The fourth-order valence-corrected chi connectivity index (χ4v) is 5.14. The van der Waals surface area contributed by atoms with Crippen molar-refractivity contribution in [2.24, 2.45) is 20.0 Å². The summed E-state index contributed by atoms with van der Waals surface area (Å²) in [5, 5.41) is 0. The maximum Gasteiger partial charge on any atom is 0.123 e. The standard InChI is InChI=1S/C40H38F2N6/c1-23-19-31(41)15-17-33(23)43-27(5)35-11-9-13-37(47-35)29(7)45-39-21-26(4)40(22-25(39)3)46-30(8)38-14-10-12-36(48-38)28(6)44-34-18-16-32(42)20-24(34)2/h9-22H,1-8H3. The smallest absolute Gasteiger partial charge is 0.123 e. The molecule has 0 spiro atoms. The molecule has 0 saturated carbocycles. The molecule has 48 heavy (non-hydrogen) atoms. The monoisotopic (exact) mass is 640 g/mol. The molecule has 0 radical (unpaired) electrons. The SMILES string of the molecule is CC(=Nc1ccc(F)cc1C)c1cccc(C(C)=Nc2cc(C)c(N=C(C)c3cccc(C(C)=Nc4ccc(F)cc4C)n3)cc2C)n1. The van der Waals surface area contributed by atoms with E-state index in [0.29, 0.717) is 11.4 Å². The van der Waals surface area contributed by atoms with Crippen molar-refractivity contribution in [3.05, 3.63) is 142 Å². The molecule has 5 rings (SSSR count). The Morgan fingerprint density at radius 3 is 1.02 bits per heavy atom. The van der Waals surface area contributed by atoms with Crippen molar-refractivity contribution in [3.63, 3.8) is 0 Å². The van der Waals surface area contributed by atoms with Gasteiger partial charge in [-0.15, -0.1) is 0 Å². The molecule has 0 atom stereocenters. The van der Waals surface area contributed by atoms with E-state index in [-0.39, 0.29) is 11.6 Å². The Labute approximate surface area is 280 Å². The second-order valence-electron chi connectivity index (χ2n) is 11.9. The van der Waals surface area contributed by atoms with Gasteiger partial charge in [-0.05, 0) is 150 Å². The quantitative estimate of drug-likeness (QED) is 0.158. The number of halogens is 2. The molecular formula is C40H38F2N6. The lowest BCUT2D eigenvalue weighted by Gasteiger charge is -2.10. The number of aromatic nitrogens is 2. The van der Waals surface area contributed by atoms with E-state index in [1.54, 1.807) is 12.1 Å². The van der Waals surface area contributed by atoms with Crippen molar-refractivity contribution in [2.75, 3.05) is 0 Å². The molecule has 3 aromatic carbocycles. The van der Waals surface area contributed by atoms with Crippen LogP contribution in [-0.4, -0.2) is 32.8 Å². The molecule has 0 aliphatic carbocycles. The minimum absolute atomic E-state index is 0.282. The van der Waals surface area contributed by atoms with Crippen LogP contribution in [0, 0.1) is 39.3 Å². The van der Waals surface area contributed by atoms with Crippen LogP contribution >= 0.6 is 0 Å². The summed E-state index contributed by atoms with van der Waals surface area (Å²) in [4.78, 5) is 28.9. The molecule has 5 aromatic rings. The van der Waals surface area contributed by atoms with Gasteiger partial charge in [0.05, 0.1) is 68.4 Å². The highest BCUT2D eigenvalue weighted by Crippen LogP contribution is 2.30. The molecule has 0 saturated heterocycles. The van der Waals surface area contributed by atoms with E-state index in [0.717, 1.165) is 79.3 Å². The lowest BCUT2D eigenvalue weighted by molar-refractivity contribution is 0.626. The highest BCUT2D eigenvalue weighted by molar-refractivity contribution is 6.03. The van der Waals surface area contributed by atoms with E-state index in [2.05, 4.69) is 9.98 Å². The molecule has 0 amide bonds. The van der Waals surface area contributed by atoms with Gasteiger partial charge >= 0.3 is 0 Å². The van der Waals surface area contributed by atoms with Crippen LogP contribution in [0.25, 0.3) is 0 Å². The van der Waals surface area contributed by atoms with Gasteiger partial charge in [-0.2, -0.15) is 0 Å². The van der Waals surface area contributed by atoms with Crippen molar-refractivity contribution in [3.8, 4) is 0 Å². The first-order valence-corrected chi connectivity index (χ1v) is 15.7. The first-order chi connectivity index (χ1) is 22.9. The second kappa shape index (κ2) is 14.5. The Kier molecular flexibility index (Phi) is 10.2. The number of rotatable bonds is 8. The number of aryl methyl sites for hydroxylation is 4. The van der Waals surface area contributed by atoms with Crippen LogP contribution in [-0.2, 0) is 0 Å². The minimum atomic E-state index is -0.282. The minimum Gasteiger partial charge on any atom is -0.251 e. The number of hydrogen-bond acceptors (Lipinski definition) is 6. The molecule has 6 nitrogen and oxygen atoms in total. The molecule has 0 fully saturated rings. The summed E-state index contributed by atoms with van der Waals surface area (Å²) >= 11 is 0. The van der Waals surface area contributed by atoms with E-state index in [1.165, 1.54) is 24.3 Å². The van der Waals surface area contributed by atoms with Crippen molar-refractivity contribution in [1.29, 1.82) is 0 Å². The van der Waals surface area contributed by atoms with E-state index >= 15 is 0 Å². The predicted octanol–water partition coefficient (Wildman–Crippen LogP) is 10.6. The van der Waals surface area contributed by atoms with Crippen LogP contribution in [0.1, 0.15) is 72.7 Å². The zero-order chi connectivity index (χ0) is 34.5. The average Bonchev–Trinajstić information content (AvgIpc) is 3.06. The normalized spacial score (nSPS) is 12.9. The summed E-state index contributed by atoms with van der Waals surface area (Å²) < 4.78 is 27.1. The van der Waals surface area contributed by atoms with Crippen molar-refractivity contribution in [2.45, 2.75) is 55.4 Å². The fourth-order valence-electron chi connectivity index (χ4n) is 5.14. The maximum atomic E-state index is 13.5. The summed E-state index contributed by atoms with van der Waals surface area (Å²) in [6, 6.07) is 24.7. The van der Waals surface area contributed by atoms with Crippen LogP contribution in [0.15, 0.2) is 105 Å².